The van der Waals surface area contributed by atoms with Gasteiger partial charge in [-0.05, 0) is 32.9 Å². The Morgan fingerprint density at radius 3 is 2.70 bits per heavy atom. The fourth-order valence-electron chi connectivity index (χ4n) is 2.66. The van der Waals surface area contributed by atoms with Gasteiger partial charge in [0.05, 0.1) is 11.8 Å². The highest BCUT2D eigenvalue weighted by atomic mass is 19.3. The number of nitrogens with one attached hydrogen (secondary N) is 1. The van der Waals surface area contributed by atoms with Crippen molar-refractivity contribution in [2.45, 2.75) is 39.5 Å². The summed E-state index contributed by atoms with van der Waals surface area (Å²) in [7, 11) is 0. The maximum Gasteiger partial charge on any atom is 0.387 e. The molecule has 0 amide bonds. The Kier molecular flexibility index (Phi) is 6.40. The van der Waals surface area contributed by atoms with Crippen LogP contribution in [0.5, 0.6) is 5.75 Å². The summed E-state index contributed by atoms with van der Waals surface area (Å²) in [5.74, 6) is -0.0288. The van der Waals surface area contributed by atoms with Gasteiger partial charge in [-0.15, -0.1) is 0 Å². The summed E-state index contributed by atoms with van der Waals surface area (Å²) in [5, 5.41) is 17.0. The fraction of sp³-hybridized carbons (Fsp3) is 0.368. The number of rotatable bonds is 8. The number of aliphatic hydroxyl groups excluding tert-OH is 1. The lowest BCUT2D eigenvalue weighted by Gasteiger charge is -2.10. The van der Waals surface area contributed by atoms with Gasteiger partial charge < -0.3 is 20.9 Å². The molecular formula is C19H23F2N7O2. The lowest BCUT2D eigenvalue weighted by atomic mass is 10.1. The standard InChI is InChI=1S/C19H23F2N7O2/c1-10(2)28-9-13(14-4-5-23-19(26-14)25-7-11(3)29)16(27-28)12-6-15(30-18(20)21)17(22)24-8-12/h4-6,8-11,18,29H,7H2,1-3H3,(H2,22,24)(H,23,25,26)/t11-/m0/s1. The molecule has 3 rings (SSSR count). The maximum atomic E-state index is 12.7. The van der Waals surface area contributed by atoms with Gasteiger partial charge in [-0.3, -0.25) is 4.68 Å². The Bertz CT molecular complexity index is 1010. The predicted molar refractivity (Wildman–Crippen MR) is 108 cm³/mol. The van der Waals surface area contributed by atoms with Crippen molar-refractivity contribution in [2.24, 2.45) is 0 Å². The molecule has 0 unspecified atom stereocenters. The molecule has 0 aromatic carbocycles. The molecule has 3 aromatic rings. The number of nitrogen functional groups attached to an aromatic ring is 1. The lowest BCUT2D eigenvalue weighted by molar-refractivity contribution is -0.0494. The van der Waals surface area contributed by atoms with Crippen LogP contribution < -0.4 is 15.8 Å². The van der Waals surface area contributed by atoms with Crippen molar-refractivity contribution in [3.05, 3.63) is 30.7 Å². The number of anilines is 2. The molecule has 0 saturated carbocycles. The quantitative estimate of drug-likeness (QED) is 0.509. The number of nitrogens with two attached hydrogens (primary N) is 1. The number of ether oxygens (including phenoxy) is 1. The molecule has 0 aliphatic heterocycles. The van der Waals surface area contributed by atoms with Gasteiger partial charge in [-0.2, -0.15) is 13.9 Å². The summed E-state index contributed by atoms with van der Waals surface area (Å²) in [6, 6.07) is 3.13. The molecule has 0 aliphatic carbocycles. The number of pyridine rings is 1. The third-order valence-corrected chi connectivity index (χ3v) is 4.12. The maximum absolute atomic E-state index is 12.7. The van der Waals surface area contributed by atoms with Crippen molar-refractivity contribution in [3.63, 3.8) is 0 Å². The van der Waals surface area contributed by atoms with Crippen molar-refractivity contribution < 1.29 is 18.6 Å². The van der Waals surface area contributed by atoms with E-state index in [0.717, 1.165) is 0 Å². The molecule has 3 heterocycles. The van der Waals surface area contributed by atoms with Crippen LogP contribution in [0.2, 0.25) is 0 Å². The molecule has 0 fully saturated rings. The molecular weight excluding hydrogens is 396 g/mol. The van der Waals surface area contributed by atoms with Crippen LogP contribution >= 0.6 is 0 Å². The van der Waals surface area contributed by atoms with Gasteiger partial charge in [0.25, 0.3) is 0 Å². The van der Waals surface area contributed by atoms with Crippen molar-refractivity contribution in [1.29, 1.82) is 0 Å². The van der Waals surface area contributed by atoms with E-state index in [2.05, 4.69) is 30.1 Å². The fourth-order valence-corrected chi connectivity index (χ4v) is 2.66. The molecule has 0 aliphatic rings. The topological polar surface area (TPSA) is 124 Å². The zero-order valence-corrected chi connectivity index (χ0v) is 16.8. The first-order valence-electron chi connectivity index (χ1n) is 9.29. The zero-order chi connectivity index (χ0) is 21.8. The van der Waals surface area contributed by atoms with Crippen LogP contribution in [-0.4, -0.2) is 49.1 Å². The van der Waals surface area contributed by atoms with Crippen molar-refractivity contribution in [3.8, 4) is 28.3 Å². The van der Waals surface area contributed by atoms with Crippen molar-refractivity contribution in [1.82, 2.24) is 24.7 Å². The van der Waals surface area contributed by atoms with E-state index in [4.69, 9.17) is 5.73 Å². The third kappa shape index (κ3) is 4.98. The highest BCUT2D eigenvalue weighted by Crippen LogP contribution is 2.34. The summed E-state index contributed by atoms with van der Waals surface area (Å²) in [5.41, 5.74) is 7.80. The number of hydrogen-bond acceptors (Lipinski definition) is 8. The monoisotopic (exact) mass is 419 g/mol. The van der Waals surface area contributed by atoms with Gasteiger partial charge in [0, 0.05) is 42.3 Å². The average Bonchev–Trinajstić information content (AvgIpc) is 3.14. The normalized spacial score (nSPS) is 12.4. The zero-order valence-electron chi connectivity index (χ0n) is 16.8. The van der Waals surface area contributed by atoms with Crippen LogP contribution in [0.1, 0.15) is 26.8 Å². The SMILES string of the molecule is CC(C)n1cc(-c2ccnc(NC[C@H](C)O)n2)c(-c2cnc(N)c(OC(F)F)c2)n1. The Morgan fingerprint density at radius 1 is 1.27 bits per heavy atom. The molecule has 30 heavy (non-hydrogen) atoms. The van der Waals surface area contributed by atoms with Crippen LogP contribution in [0.3, 0.4) is 0 Å². The number of alkyl halides is 2. The number of halogens is 2. The largest absolute Gasteiger partial charge is 0.431 e. The number of hydrogen-bond donors (Lipinski definition) is 3. The average molecular weight is 419 g/mol. The van der Waals surface area contributed by atoms with E-state index in [1.807, 2.05) is 20.0 Å². The molecule has 4 N–H and O–H groups in total. The summed E-state index contributed by atoms with van der Waals surface area (Å²) in [6.45, 7) is 2.83. The van der Waals surface area contributed by atoms with Gasteiger partial charge in [-0.25, -0.2) is 15.0 Å². The molecule has 1 atom stereocenters. The van der Waals surface area contributed by atoms with Crippen LogP contribution in [0, 0.1) is 0 Å². The van der Waals surface area contributed by atoms with Crippen LogP contribution in [-0.2, 0) is 0 Å². The minimum atomic E-state index is -3.03. The van der Waals surface area contributed by atoms with Gasteiger partial charge >= 0.3 is 6.61 Å². The second-order valence-electron chi connectivity index (χ2n) is 6.95. The van der Waals surface area contributed by atoms with E-state index in [9.17, 15) is 13.9 Å². The van der Waals surface area contributed by atoms with Crippen LogP contribution in [0.4, 0.5) is 20.5 Å². The molecule has 11 heteroatoms. The first-order chi connectivity index (χ1) is 14.2. The molecule has 9 nitrogen and oxygen atoms in total. The van der Waals surface area contributed by atoms with Crippen molar-refractivity contribution in [2.75, 3.05) is 17.6 Å². The molecule has 3 aromatic heterocycles. The minimum absolute atomic E-state index is 0.0469. The summed E-state index contributed by atoms with van der Waals surface area (Å²) >= 11 is 0. The summed E-state index contributed by atoms with van der Waals surface area (Å²) in [4.78, 5) is 12.6. The number of nitrogens with zero attached hydrogens (tertiary/aromatic N) is 5. The van der Waals surface area contributed by atoms with E-state index >= 15 is 0 Å². The summed E-state index contributed by atoms with van der Waals surface area (Å²) in [6.07, 6.45) is 4.27. The van der Waals surface area contributed by atoms with Crippen LogP contribution in [0.15, 0.2) is 30.7 Å². The Labute approximate surface area is 171 Å². The third-order valence-electron chi connectivity index (χ3n) is 4.12. The lowest BCUT2D eigenvalue weighted by Crippen LogP contribution is -2.16. The highest BCUT2D eigenvalue weighted by molar-refractivity contribution is 5.79. The van der Waals surface area contributed by atoms with Gasteiger partial charge in [0.1, 0.15) is 5.69 Å². The Morgan fingerprint density at radius 2 is 2.03 bits per heavy atom. The van der Waals surface area contributed by atoms with E-state index in [0.29, 0.717) is 28.5 Å². The van der Waals surface area contributed by atoms with E-state index in [-0.39, 0.29) is 24.2 Å². The highest BCUT2D eigenvalue weighted by Gasteiger charge is 2.19. The summed E-state index contributed by atoms with van der Waals surface area (Å²) < 4.78 is 31.6. The van der Waals surface area contributed by atoms with Crippen LogP contribution in [0.25, 0.3) is 22.5 Å². The molecule has 160 valence electrons. The second-order valence-corrected chi connectivity index (χ2v) is 6.95. The minimum Gasteiger partial charge on any atom is -0.431 e. The van der Waals surface area contributed by atoms with Gasteiger partial charge in [0.15, 0.2) is 11.6 Å². The molecule has 0 spiro atoms. The van der Waals surface area contributed by atoms with E-state index < -0.39 is 12.7 Å². The first kappa shape index (κ1) is 21.4. The second kappa shape index (κ2) is 8.99. The Balaban J connectivity index is 2.06. The Hall–Kier alpha value is -3.34. The van der Waals surface area contributed by atoms with E-state index in [1.54, 1.807) is 23.9 Å². The molecule has 0 saturated heterocycles. The number of aliphatic hydroxyl groups is 1. The van der Waals surface area contributed by atoms with Gasteiger partial charge in [0.2, 0.25) is 5.95 Å². The van der Waals surface area contributed by atoms with Gasteiger partial charge in [-0.1, -0.05) is 0 Å². The van der Waals surface area contributed by atoms with Crippen molar-refractivity contribution >= 4 is 11.8 Å². The predicted octanol–water partition coefficient (Wildman–Crippen LogP) is 2.96. The molecule has 0 bridgehead atoms. The van der Waals surface area contributed by atoms with E-state index in [1.165, 1.54) is 12.3 Å². The first-order valence-corrected chi connectivity index (χ1v) is 9.29. The molecule has 0 radical (unpaired) electrons. The smallest absolute Gasteiger partial charge is 0.387 e. The number of aromatic nitrogens is 5.